The van der Waals surface area contributed by atoms with E-state index in [1.807, 2.05) is 0 Å². The Bertz CT molecular complexity index is 498. The Kier molecular flexibility index (Phi) is 2.74. The van der Waals surface area contributed by atoms with Crippen molar-refractivity contribution in [3.8, 4) is 0 Å². The molecule has 2 aliphatic rings. The van der Waals surface area contributed by atoms with Crippen LogP contribution in [0, 0.1) is 5.92 Å². The first-order valence-corrected chi connectivity index (χ1v) is 6.39. The number of carbonyl (C=O) groups excluding carboxylic acids is 2. The van der Waals surface area contributed by atoms with Gasteiger partial charge in [-0.15, -0.1) is 0 Å². The maximum absolute atomic E-state index is 12.2. The van der Waals surface area contributed by atoms with Gasteiger partial charge in [-0.1, -0.05) is 24.3 Å². The predicted molar refractivity (Wildman–Crippen MR) is 68.3 cm³/mol. The second-order valence-electron chi connectivity index (χ2n) is 4.89. The van der Waals surface area contributed by atoms with Crippen LogP contribution in [0.1, 0.15) is 40.0 Å². The van der Waals surface area contributed by atoms with Gasteiger partial charge in [0.15, 0.2) is 0 Å². The third kappa shape index (κ3) is 1.76. The zero-order valence-electron chi connectivity index (χ0n) is 10.1. The van der Waals surface area contributed by atoms with Crippen molar-refractivity contribution in [1.29, 1.82) is 0 Å². The first-order chi connectivity index (χ1) is 8.77. The van der Waals surface area contributed by atoms with E-state index in [-0.39, 0.29) is 11.8 Å². The summed E-state index contributed by atoms with van der Waals surface area (Å²) >= 11 is 0. The van der Waals surface area contributed by atoms with Crippen LogP contribution in [-0.4, -0.2) is 23.3 Å². The van der Waals surface area contributed by atoms with Crippen molar-refractivity contribution in [2.45, 2.75) is 19.3 Å². The summed E-state index contributed by atoms with van der Waals surface area (Å²) in [5, 5.41) is 0. The van der Waals surface area contributed by atoms with Gasteiger partial charge < -0.3 is 0 Å². The largest absolute Gasteiger partial charge is 0.274 e. The summed E-state index contributed by atoms with van der Waals surface area (Å²) < 4.78 is 0. The molecule has 0 aromatic heterocycles. The number of carbonyl (C=O) groups is 2. The molecule has 1 unspecified atom stereocenters. The molecule has 3 heteroatoms. The van der Waals surface area contributed by atoms with E-state index >= 15 is 0 Å². The molecular weight excluding hydrogens is 226 g/mol. The molecule has 1 aromatic rings. The van der Waals surface area contributed by atoms with Crippen LogP contribution in [0.5, 0.6) is 0 Å². The minimum Gasteiger partial charge on any atom is -0.274 e. The molecule has 3 rings (SSSR count). The number of benzene rings is 1. The topological polar surface area (TPSA) is 37.4 Å². The first kappa shape index (κ1) is 11.2. The monoisotopic (exact) mass is 241 g/mol. The fourth-order valence-corrected chi connectivity index (χ4v) is 2.67. The van der Waals surface area contributed by atoms with Crippen molar-refractivity contribution in [2.75, 3.05) is 6.54 Å². The summed E-state index contributed by atoms with van der Waals surface area (Å²) in [6.07, 6.45) is 7.59. The maximum Gasteiger partial charge on any atom is 0.261 e. The smallest absolute Gasteiger partial charge is 0.261 e. The van der Waals surface area contributed by atoms with Crippen molar-refractivity contribution < 1.29 is 9.59 Å². The first-order valence-electron chi connectivity index (χ1n) is 6.39. The van der Waals surface area contributed by atoms with Crippen LogP contribution in [0.4, 0.5) is 0 Å². The quantitative estimate of drug-likeness (QED) is 0.589. The average molecular weight is 241 g/mol. The van der Waals surface area contributed by atoms with Gasteiger partial charge in [-0.25, -0.2) is 0 Å². The molecule has 0 saturated heterocycles. The van der Waals surface area contributed by atoms with E-state index in [9.17, 15) is 9.59 Å². The fourth-order valence-electron chi connectivity index (χ4n) is 2.67. The van der Waals surface area contributed by atoms with Gasteiger partial charge in [0.2, 0.25) is 0 Å². The molecule has 1 aromatic carbocycles. The Balaban J connectivity index is 1.83. The molecule has 0 fully saturated rings. The van der Waals surface area contributed by atoms with Gasteiger partial charge in [-0.3, -0.25) is 14.5 Å². The Hall–Kier alpha value is -1.90. The predicted octanol–water partition coefficient (Wildman–Crippen LogP) is 2.64. The molecule has 1 aliphatic heterocycles. The number of fused-ring (bicyclic) bond motifs is 1. The normalized spacial score (nSPS) is 22.4. The van der Waals surface area contributed by atoms with E-state index in [0.29, 0.717) is 23.6 Å². The summed E-state index contributed by atoms with van der Waals surface area (Å²) in [7, 11) is 0. The summed E-state index contributed by atoms with van der Waals surface area (Å²) in [4.78, 5) is 25.7. The van der Waals surface area contributed by atoms with E-state index in [0.717, 1.165) is 19.3 Å². The summed E-state index contributed by atoms with van der Waals surface area (Å²) in [5.74, 6) is 0.0325. The third-order valence-corrected chi connectivity index (χ3v) is 3.65. The van der Waals surface area contributed by atoms with Crippen LogP contribution in [0.3, 0.4) is 0 Å². The molecule has 0 N–H and O–H groups in total. The third-order valence-electron chi connectivity index (χ3n) is 3.65. The van der Waals surface area contributed by atoms with E-state index in [2.05, 4.69) is 12.2 Å². The summed E-state index contributed by atoms with van der Waals surface area (Å²) in [6, 6.07) is 7.06. The molecule has 0 saturated carbocycles. The van der Waals surface area contributed by atoms with Crippen LogP contribution in [-0.2, 0) is 0 Å². The molecule has 1 atom stereocenters. The zero-order valence-corrected chi connectivity index (χ0v) is 10.1. The Morgan fingerprint density at radius 1 is 1.11 bits per heavy atom. The molecule has 92 valence electrons. The Labute approximate surface area is 106 Å². The molecule has 0 radical (unpaired) electrons. The molecule has 0 spiro atoms. The number of hydrogen-bond acceptors (Lipinski definition) is 2. The van der Waals surface area contributed by atoms with E-state index in [1.165, 1.54) is 4.90 Å². The number of imide groups is 1. The SMILES string of the molecule is O=C1c2ccccc2C(=O)N1CC1C=CCCC1. The molecule has 1 aliphatic carbocycles. The highest BCUT2D eigenvalue weighted by Gasteiger charge is 2.35. The Morgan fingerprint density at radius 3 is 2.33 bits per heavy atom. The number of nitrogens with zero attached hydrogens (tertiary/aromatic N) is 1. The number of allylic oxidation sites excluding steroid dienone is 1. The second-order valence-corrected chi connectivity index (χ2v) is 4.89. The molecule has 2 amide bonds. The van der Waals surface area contributed by atoms with Gasteiger partial charge in [-0.05, 0) is 37.3 Å². The molecule has 18 heavy (non-hydrogen) atoms. The lowest BCUT2D eigenvalue weighted by Gasteiger charge is -2.21. The lowest BCUT2D eigenvalue weighted by molar-refractivity contribution is 0.0635. The molecule has 1 heterocycles. The molecular formula is C15H15NO2. The summed E-state index contributed by atoms with van der Waals surface area (Å²) in [5.41, 5.74) is 1.09. The van der Waals surface area contributed by atoms with Crippen LogP contribution < -0.4 is 0 Å². The number of hydrogen-bond donors (Lipinski definition) is 0. The lowest BCUT2D eigenvalue weighted by Crippen LogP contribution is -2.34. The van der Waals surface area contributed by atoms with Crippen molar-refractivity contribution in [3.05, 3.63) is 47.5 Å². The van der Waals surface area contributed by atoms with Crippen LogP contribution >= 0.6 is 0 Å². The highest BCUT2D eigenvalue weighted by molar-refractivity contribution is 6.21. The van der Waals surface area contributed by atoms with E-state index in [4.69, 9.17) is 0 Å². The van der Waals surface area contributed by atoms with Crippen molar-refractivity contribution in [3.63, 3.8) is 0 Å². The minimum atomic E-state index is -0.144. The average Bonchev–Trinajstić information content (AvgIpc) is 2.66. The number of rotatable bonds is 2. The van der Waals surface area contributed by atoms with Gasteiger partial charge in [0.25, 0.3) is 11.8 Å². The fraction of sp³-hybridized carbons (Fsp3) is 0.333. The van der Waals surface area contributed by atoms with Crippen molar-refractivity contribution in [1.82, 2.24) is 4.90 Å². The number of amides is 2. The second kappa shape index (κ2) is 4.41. The van der Waals surface area contributed by atoms with Gasteiger partial charge in [-0.2, -0.15) is 0 Å². The van der Waals surface area contributed by atoms with Crippen molar-refractivity contribution in [2.24, 2.45) is 5.92 Å². The van der Waals surface area contributed by atoms with Crippen LogP contribution in [0.15, 0.2) is 36.4 Å². The maximum atomic E-state index is 12.2. The minimum absolute atomic E-state index is 0.144. The lowest BCUT2D eigenvalue weighted by atomic mass is 9.95. The van der Waals surface area contributed by atoms with Gasteiger partial charge in [0.05, 0.1) is 11.1 Å². The van der Waals surface area contributed by atoms with E-state index in [1.54, 1.807) is 24.3 Å². The van der Waals surface area contributed by atoms with E-state index < -0.39 is 0 Å². The highest BCUT2D eigenvalue weighted by atomic mass is 16.2. The standard InChI is InChI=1S/C15H15NO2/c17-14-12-8-4-5-9-13(12)15(18)16(14)10-11-6-2-1-3-7-11/h2,4-6,8-9,11H,1,3,7,10H2. The van der Waals surface area contributed by atoms with Crippen LogP contribution in [0.25, 0.3) is 0 Å². The highest BCUT2D eigenvalue weighted by Crippen LogP contribution is 2.26. The van der Waals surface area contributed by atoms with Gasteiger partial charge in [0, 0.05) is 6.54 Å². The van der Waals surface area contributed by atoms with Crippen molar-refractivity contribution >= 4 is 11.8 Å². The molecule has 0 bridgehead atoms. The van der Waals surface area contributed by atoms with Gasteiger partial charge in [0.1, 0.15) is 0 Å². The zero-order chi connectivity index (χ0) is 12.5. The Morgan fingerprint density at radius 2 is 1.78 bits per heavy atom. The summed E-state index contributed by atoms with van der Waals surface area (Å²) in [6.45, 7) is 0.517. The molecule has 3 nitrogen and oxygen atoms in total. The van der Waals surface area contributed by atoms with Crippen LogP contribution in [0.2, 0.25) is 0 Å². The van der Waals surface area contributed by atoms with Gasteiger partial charge >= 0.3 is 0 Å².